The molecule has 1 saturated heterocycles. The molecule has 4 heteroatoms. The number of carbonyl (C=O) groups excluding carboxylic acids is 2. The topological polar surface area (TPSA) is 49.4 Å². The number of amides is 2. The van der Waals surface area contributed by atoms with Crippen molar-refractivity contribution in [3.63, 3.8) is 0 Å². The molecule has 0 radical (unpaired) electrons. The lowest BCUT2D eigenvalue weighted by atomic mass is 10.4. The number of rotatable bonds is 1. The first-order chi connectivity index (χ1) is 4.33. The summed E-state index contributed by atoms with van der Waals surface area (Å²) in [5.74, 6) is -0.0756. The van der Waals surface area contributed by atoms with E-state index in [1.54, 1.807) is 0 Å². The maximum Gasteiger partial charge on any atom is 0.239 e. The van der Waals surface area contributed by atoms with Gasteiger partial charge in [0.1, 0.15) is 0 Å². The van der Waals surface area contributed by atoms with Gasteiger partial charge in [-0.25, -0.2) is 0 Å². The van der Waals surface area contributed by atoms with Crippen LogP contribution in [0, 0.1) is 0 Å². The summed E-state index contributed by atoms with van der Waals surface area (Å²) in [5.41, 5.74) is 0. The van der Waals surface area contributed by atoms with Gasteiger partial charge in [0.15, 0.2) is 0 Å². The number of nitrogens with one attached hydrogen (secondary N) is 1. The molecule has 1 rings (SSSR count). The third kappa shape index (κ3) is 1.42. The van der Waals surface area contributed by atoms with Crippen molar-refractivity contribution in [2.45, 2.75) is 0 Å². The van der Waals surface area contributed by atoms with Crippen LogP contribution in [0.15, 0.2) is 0 Å². The van der Waals surface area contributed by atoms with E-state index in [0.717, 1.165) is 0 Å². The second-order valence-electron chi connectivity index (χ2n) is 1.93. The summed E-state index contributed by atoms with van der Waals surface area (Å²) in [6.45, 7) is 1.43. The molecular formula is C5H8N2O2. The summed E-state index contributed by atoms with van der Waals surface area (Å²) in [6.07, 6.45) is 0.693. The van der Waals surface area contributed by atoms with Gasteiger partial charge in [-0.3, -0.25) is 9.59 Å². The number of piperazine rings is 1. The molecule has 0 bridgehead atoms. The zero-order chi connectivity index (χ0) is 6.69. The fraction of sp³-hybridized carbons (Fsp3) is 0.600. The average Bonchev–Trinajstić information content (AvgIpc) is 1.88. The van der Waals surface area contributed by atoms with Gasteiger partial charge in [0.25, 0.3) is 0 Å². The Morgan fingerprint density at radius 1 is 1.67 bits per heavy atom. The van der Waals surface area contributed by atoms with E-state index in [2.05, 4.69) is 5.32 Å². The second kappa shape index (κ2) is 2.48. The predicted molar refractivity (Wildman–Crippen MR) is 30.6 cm³/mol. The lowest BCUT2D eigenvalue weighted by Crippen LogP contribution is -2.46. The Balaban J connectivity index is 2.40. The highest BCUT2D eigenvalue weighted by molar-refractivity contribution is 5.80. The molecule has 0 aromatic heterocycles. The van der Waals surface area contributed by atoms with Crippen LogP contribution >= 0.6 is 0 Å². The zero-order valence-electron chi connectivity index (χ0n) is 4.96. The van der Waals surface area contributed by atoms with Crippen molar-refractivity contribution in [2.75, 3.05) is 19.6 Å². The maximum atomic E-state index is 10.5. The van der Waals surface area contributed by atoms with E-state index in [1.165, 1.54) is 4.90 Å². The van der Waals surface area contributed by atoms with E-state index in [1.807, 2.05) is 0 Å². The number of carbonyl (C=O) groups is 2. The standard InChI is InChI=1S/C5H8N2O2/c8-4-7-2-1-6-5(9)3-7/h4H,1-3H2,(H,6,9). The van der Waals surface area contributed by atoms with Crippen molar-refractivity contribution in [3.8, 4) is 0 Å². The van der Waals surface area contributed by atoms with Crippen LogP contribution in [0.5, 0.6) is 0 Å². The van der Waals surface area contributed by atoms with Gasteiger partial charge in [-0.05, 0) is 0 Å². The van der Waals surface area contributed by atoms with E-state index in [4.69, 9.17) is 0 Å². The molecule has 0 saturated carbocycles. The first-order valence-corrected chi connectivity index (χ1v) is 2.79. The summed E-state index contributed by atoms with van der Waals surface area (Å²) in [4.78, 5) is 22.0. The first kappa shape index (κ1) is 6.07. The van der Waals surface area contributed by atoms with Crippen LogP contribution in [-0.2, 0) is 9.59 Å². The number of hydrogen-bond acceptors (Lipinski definition) is 2. The van der Waals surface area contributed by atoms with Crippen LogP contribution in [0.25, 0.3) is 0 Å². The van der Waals surface area contributed by atoms with Gasteiger partial charge < -0.3 is 10.2 Å². The highest BCUT2D eigenvalue weighted by Gasteiger charge is 2.12. The molecule has 9 heavy (non-hydrogen) atoms. The molecule has 50 valence electrons. The van der Waals surface area contributed by atoms with Crippen LogP contribution in [0.2, 0.25) is 0 Å². The Labute approximate surface area is 52.8 Å². The number of hydrogen-bond donors (Lipinski definition) is 1. The van der Waals surface area contributed by atoms with Crippen LogP contribution in [0.1, 0.15) is 0 Å². The van der Waals surface area contributed by atoms with E-state index >= 15 is 0 Å². The zero-order valence-corrected chi connectivity index (χ0v) is 4.96. The second-order valence-corrected chi connectivity index (χ2v) is 1.93. The molecule has 0 unspecified atom stereocenters. The Kier molecular flexibility index (Phi) is 1.67. The van der Waals surface area contributed by atoms with Gasteiger partial charge in [0.05, 0.1) is 6.54 Å². The summed E-state index contributed by atoms with van der Waals surface area (Å²) in [6, 6.07) is 0. The Morgan fingerprint density at radius 2 is 2.44 bits per heavy atom. The van der Waals surface area contributed by atoms with Gasteiger partial charge in [-0.15, -0.1) is 0 Å². The molecular weight excluding hydrogens is 120 g/mol. The van der Waals surface area contributed by atoms with Gasteiger partial charge in [-0.1, -0.05) is 0 Å². The fourth-order valence-corrected chi connectivity index (χ4v) is 0.748. The minimum Gasteiger partial charge on any atom is -0.353 e. The molecule has 0 spiro atoms. The molecule has 0 aromatic carbocycles. The molecule has 0 aromatic rings. The van der Waals surface area contributed by atoms with E-state index in [-0.39, 0.29) is 12.5 Å². The summed E-state index contributed by atoms with van der Waals surface area (Å²) < 4.78 is 0. The fourth-order valence-electron chi connectivity index (χ4n) is 0.748. The molecule has 1 aliphatic heterocycles. The summed E-state index contributed by atoms with van der Waals surface area (Å²) >= 11 is 0. The van der Waals surface area contributed by atoms with Crippen molar-refractivity contribution in [1.82, 2.24) is 10.2 Å². The Hall–Kier alpha value is -1.06. The maximum absolute atomic E-state index is 10.5. The summed E-state index contributed by atoms with van der Waals surface area (Å²) in [7, 11) is 0. The number of nitrogens with zero attached hydrogens (tertiary/aromatic N) is 1. The van der Waals surface area contributed by atoms with E-state index in [0.29, 0.717) is 19.5 Å². The van der Waals surface area contributed by atoms with Crippen molar-refractivity contribution in [2.24, 2.45) is 0 Å². The molecule has 1 fully saturated rings. The van der Waals surface area contributed by atoms with Crippen molar-refractivity contribution in [1.29, 1.82) is 0 Å². The van der Waals surface area contributed by atoms with Gasteiger partial charge in [-0.2, -0.15) is 0 Å². The van der Waals surface area contributed by atoms with Gasteiger partial charge in [0.2, 0.25) is 12.3 Å². The van der Waals surface area contributed by atoms with Crippen LogP contribution in [-0.4, -0.2) is 36.9 Å². The quantitative estimate of drug-likeness (QED) is 0.440. The third-order valence-corrected chi connectivity index (χ3v) is 1.22. The van der Waals surface area contributed by atoms with Crippen molar-refractivity contribution in [3.05, 3.63) is 0 Å². The normalized spacial score (nSPS) is 19.1. The minimum absolute atomic E-state index is 0.0756. The highest BCUT2D eigenvalue weighted by Crippen LogP contribution is 1.86. The van der Waals surface area contributed by atoms with Crippen molar-refractivity contribution < 1.29 is 9.59 Å². The van der Waals surface area contributed by atoms with Crippen molar-refractivity contribution >= 4 is 12.3 Å². The Morgan fingerprint density at radius 3 is 2.89 bits per heavy atom. The predicted octanol–water partition coefficient (Wildman–Crippen LogP) is -1.43. The third-order valence-electron chi connectivity index (χ3n) is 1.22. The molecule has 1 N–H and O–H groups in total. The molecule has 4 nitrogen and oxygen atoms in total. The van der Waals surface area contributed by atoms with Crippen LogP contribution < -0.4 is 5.32 Å². The van der Waals surface area contributed by atoms with Crippen LogP contribution in [0.3, 0.4) is 0 Å². The monoisotopic (exact) mass is 128 g/mol. The lowest BCUT2D eigenvalue weighted by Gasteiger charge is -2.21. The molecule has 0 atom stereocenters. The highest BCUT2D eigenvalue weighted by atomic mass is 16.2. The summed E-state index contributed by atoms with van der Waals surface area (Å²) in [5, 5.41) is 2.61. The van der Waals surface area contributed by atoms with E-state index < -0.39 is 0 Å². The minimum atomic E-state index is -0.0756. The van der Waals surface area contributed by atoms with E-state index in [9.17, 15) is 9.59 Å². The smallest absolute Gasteiger partial charge is 0.239 e. The lowest BCUT2D eigenvalue weighted by molar-refractivity contribution is -0.130. The van der Waals surface area contributed by atoms with Gasteiger partial charge in [0, 0.05) is 13.1 Å². The first-order valence-electron chi connectivity index (χ1n) is 2.79. The largest absolute Gasteiger partial charge is 0.353 e. The molecule has 1 aliphatic rings. The SMILES string of the molecule is O=CN1CCNC(=O)C1. The molecule has 2 amide bonds. The Bertz CT molecular complexity index is 135. The molecule has 1 heterocycles. The van der Waals surface area contributed by atoms with Gasteiger partial charge >= 0.3 is 0 Å². The van der Waals surface area contributed by atoms with Crippen LogP contribution in [0.4, 0.5) is 0 Å². The molecule has 0 aliphatic carbocycles. The average molecular weight is 128 g/mol.